The lowest BCUT2D eigenvalue weighted by Crippen LogP contribution is -2.39. The van der Waals surface area contributed by atoms with Crippen LogP contribution in [-0.2, 0) is 6.54 Å². The van der Waals surface area contributed by atoms with Crippen molar-refractivity contribution in [3.8, 4) is 0 Å². The Balaban J connectivity index is 1.94. The Labute approximate surface area is 103 Å². The number of aryl methyl sites for hydroxylation is 2. The van der Waals surface area contributed by atoms with Gasteiger partial charge in [0.15, 0.2) is 0 Å². The van der Waals surface area contributed by atoms with Crippen molar-refractivity contribution in [2.75, 3.05) is 13.1 Å². The Bertz CT molecular complexity index is 354. The molecule has 2 rings (SSSR count). The van der Waals surface area contributed by atoms with Crippen molar-refractivity contribution in [1.82, 2.24) is 9.88 Å². The van der Waals surface area contributed by atoms with Crippen LogP contribution in [0.4, 0.5) is 0 Å². The number of nitrogens with zero attached hydrogens (tertiary/aromatic N) is 2. The van der Waals surface area contributed by atoms with Gasteiger partial charge in [-0.05, 0) is 46.1 Å². The van der Waals surface area contributed by atoms with Gasteiger partial charge in [0.05, 0.1) is 18.3 Å². The standard InChI is InChI=1S/C13H22N2O2/c1-9-11(3)17-13(14-9)8-15-6-4-5-12(7-15)10(2)16/h10,12,16H,4-8H2,1-3H3. The fourth-order valence-corrected chi connectivity index (χ4v) is 2.43. The molecule has 1 aliphatic rings. The molecule has 0 spiro atoms. The zero-order valence-electron chi connectivity index (χ0n) is 10.9. The molecule has 4 heteroatoms. The van der Waals surface area contributed by atoms with Gasteiger partial charge in [-0.1, -0.05) is 0 Å². The molecule has 2 atom stereocenters. The molecule has 4 nitrogen and oxygen atoms in total. The number of likely N-dealkylation sites (tertiary alicyclic amines) is 1. The second-order valence-electron chi connectivity index (χ2n) is 5.13. The van der Waals surface area contributed by atoms with Gasteiger partial charge in [0.1, 0.15) is 5.76 Å². The van der Waals surface area contributed by atoms with Crippen LogP contribution in [0.15, 0.2) is 4.42 Å². The highest BCUT2D eigenvalue weighted by Gasteiger charge is 2.24. The van der Waals surface area contributed by atoms with Gasteiger partial charge in [-0.2, -0.15) is 0 Å². The summed E-state index contributed by atoms with van der Waals surface area (Å²) >= 11 is 0. The van der Waals surface area contributed by atoms with Crippen molar-refractivity contribution in [2.45, 2.75) is 46.3 Å². The Morgan fingerprint density at radius 2 is 2.29 bits per heavy atom. The molecule has 0 aliphatic carbocycles. The largest absolute Gasteiger partial charge is 0.444 e. The van der Waals surface area contributed by atoms with Crippen LogP contribution in [0.3, 0.4) is 0 Å². The van der Waals surface area contributed by atoms with Crippen LogP contribution in [0, 0.1) is 19.8 Å². The number of piperidine rings is 1. The van der Waals surface area contributed by atoms with Gasteiger partial charge in [0.25, 0.3) is 0 Å². The lowest BCUT2D eigenvalue weighted by atomic mass is 9.93. The van der Waals surface area contributed by atoms with E-state index < -0.39 is 0 Å². The van der Waals surface area contributed by atoms with Crippen molar-refractivity contribution in [3.63, 3.8) is 0 Å². The van der Waals surface area contributed by atoms with E-state index in [2.05, 4.69) is 9.88 Å². The average Bonchev–Trinajstić information content (AvgIpc) is 2.58. The van der Waals surface area contributed by atoms with E-state index >= 15 is 0 Å². The van der Waals surface area contributed by atoms with Crippen molar-refractivity contribution >= 4 is 0 Å². The van der Waals surface area contributed by atoms with Crippen LogP contribution >= 0.6 is 0 Å². The molecule has 1 N–H and O–H groups in total. The summed E-state index contributed by atoms with van der Waals surface area (Å²) in [6.07, 6.45) is 2.05. The molecule has 1 aliphatic heterocycles. The first kappa shape index (κ1) is 12.6. The molecule has 1 fully saturated rings. The predicted molar refractivity (Wildman–Crippen MR) is 65.7 cm³/mol. The normalized spacial score (nSPS) is 23.9. The monoisotopic (exact) mass is 238 g/mol. The molecule has 96 valence electrons. The number of rotatable bonds is 3. The zero-order valence-corrected chi connectivity index (χ0v) is 10.9. The Morgan fingerprint density at radius 3 is 2.88 bits per heavy atom. The number of aliphatic hydroxyl groups excluding tert-OH is 1. The first-order valence-corrected chi connectivity index (χ1v) is 6.39. The van der Waals surface area contributed by atoms with Crippen molar-refractivity contribution in [1.29, 1.82) is 0 Å². The summed E-state index contributed by atoms with van der Waals surface area (Å²) in [4.78, 5) is 6.73. The SMILES string of the molecule is Cc1nc(CN2CCCC(C(C)O)C2)oc1C. The third-order valence-electron chi connectivity index (χ3n) is 3.66. The highest BCUT2D eigenvalue weighted by molar-refractivity contribution is 5.05. The van der Waals surface area contributed by atoms with Crippen LogP contribution in [0.5, 0.6) is 0 Å². The fourth-order valence-electron chi connectivity index (χ4n) is 2.43. The van der Waals surface area contributed by atoms with E-state index in [1.54, 1.807) is 0 Å². The number of aromatic nitrogens is 1. The molecule has 0 saturated carbocycles. The lowest BCUT2D eigenvalue weighted by Gasteiger charge is -2.33. The molecule has 0 bridgehead atoms. The van der Waals surface area contributed by atoms with Crippen LogP contribution in [0.25, 0.3) is 0 Å². The van der Waals surface area contributed by atoms with Gasteiger partial charge in [-0.25, -0.2) is 4.98 Å². The summed E-state index contributed by atoms with van der Waals surface area (Å²) in [5.41, 5.74) is 0.976. The van der Waals surface area contributed by atoms with Gasteiger partial charge in [-0.3, -0.25) is 4.90 Å². The minimum Gasteiger partial charge on any atom is -0.444 e. The third-order valence-corrected chi connectivity index (χ3v) is 3.66. The van der Waals surface area contributed by atoms with Gasteiger partial charge in [0, 0.05) is 6.54 Å². The van der Waals surface area contributed by atoms with Crippen molar-refractivity contribution in [3.05, 3.63) is 17.3 Å². The molecule has 0 aromatic carbocycles. The van der Waals surface area contributed by atoms with Crippen LogP contribution < -0.4 is 0 Å². The maximum absolute atomic E-state index is 9.64. The number of aliphatic hydroxyl groups is 1. The number of hydrogen-bond donors (Lipinski definition) is 1. The predicted octanol–water partition coefficient (Wildman–Crippen LogP) is 1.88. The number of oxazole rings is 1. The quantitative estimate of drug-likeness (QED) is 0.873. The van der Waals surface area contributed by atoms with E-state index in [1.165, 1.54) is 0 Å². The summed E-state index contributed by atoms with van der Waals surface area (Å²) in [6.45, 7) is 8.57. The summed E-state index contributed by atoms with van der Waals surface area (Å²) < 4.78 is 5.60. The zero-order chi connectivity index (χ0) is 12.4. The van der Waals surface area contributed by atoms with Crippen LogP contribution in [-0.4, -0.2) is 34.2 Å². The molecule has 1 saturated heterocycles. The second kappa shape index (κ2) is 5.19. The second-order valence-corrected chi connectivity index (χ2v) is 5.13. The summed E-state index contributed by atoms with van der Waals surface area (Å²) in [6, 6.07) is 0. The average molecular weight is 238 g/mol. The topological polar surface area (TPSA) is 49.5 Å². The minimum absolute atomic E-state index is 0.217. The minimum atomic E-state index is -0.217. The van der Waals surface area contributed by atoms with E-state index in [1.807, 2.05) is 20.8 Å². The van der Waals surface area contributed by atoms with Crippen LogP contribution in [0.2, 0.25) is 0 Å². The van der Waals surface area contributed by atoms with E-state index in [-0.39, 0.29) is 6.10 Å². The molecule has 17 heavy (non-hydrogen) atoms. The molecule has 1 aromatic heterocycles. The molecule has 2 heterocycles. The molecule has 2 unspecified atom stereocenters. The van der Waals surface area contributed by atoms with E-state index in [4.69, 9.17) is 4.42 Å². The summed E-state index contributed by atoms with van der Waals surface area (Å²) in [7, 11) is 0. The Kier molecular flexibility index (Phi) is 3.84. The number of hydrogen-bond acceptors (Lipinski definition) is 4. The lowest BCUT2D eigenvalue weighted by molar-refractivity contribution is 0.0564. The van der Waals surface area contributed by atoms with Crippen molar-refractivity contribution < 1.29 is 9.52 Å². The Morgan fingerprint density at radius 1 is 1.53 bits per heavy atom. The summed E-state index contributed by atoms with van der Waals surface area (Å²) in [5.74, 6) is 2.09. The van der Waals surface area contributed by atoms with Gasteiger partial charge in [-0.15, -0.1) is 0 Å². The maximum atomic E-state index is 9.64. The molecule has 0 amide bonds. The van der Waals surface area contributed by atoms with Gasteiger partial charge in [0.2, 0.25) is 5.89 Å². The van der Waals surface area contributed by atoms with E-state index in [9.17, 15) is 5.11 Å². The molecule has 1 aromatic rings. The molecular formula is C13H22N2O2. The summed E-state index contributed by atoms with van der Waals surface area (Å²) in [5, 5.41) is 9.64. The van der Waals surface area contributed by atoms with E-state index in [0.29, 0.717) is 5.92 Å². The van der Waals surface area contributed by atoms with Crippen molar-refractivity contribution in [2.24, 2.45) is 5.92 Å². The fraction of sp³-hybridized carbons (Fsp3) is 0.769. The smallest absolute Gasteiger partial charge is 0.208 e. The molecular weight excluding hydrogens is 216 g/mol. The first-order chi connectivity index (χ1) is 8.06. The third kappa shape index (κ3) is 3.07. The maximum Gasteiger partial charge on any atom is 0.208 e. The highest BCUT2D eigenvalue weighted by Crippen LogP contribution is 2.21. The van der Waals surface area contributed by atoms with Gasteiger partial charge >= 0.3 is 0 Å². The van der Waals surface area contributed by atoms with E-state index in [0.717, 1.165) is 49.8 Å². The molecule has 0 radical (unpaired) electrons. The van der Waals surface area contributed by atoms with Crippen LogP contribution in [0.1, 0.15) is 37.1 Å². The highest BCUT2D eigenvalue weighted by atomic mass is 16.4. The van der Waals surface area contributed by atoms with Gasteiger partial charge < -0.3 is 9.52 Å². The first-order valence-electron chi connectivity index (χ1n) is 6.39. The Hall–Kier alpha value is -0.870.